The van der Waals surface area contributed by atoms with Gasteiger partial charge in [0.25, 0.3) is 0 Å². The van der Waals surface area contributed by atoms with Crippen LogP contribution in [-0.4, -0.2) is 44.8 Å². The third-order valence-corrected chi connectivity index (χ3v) is 4.62. The van der Waals surface area contributed by atoms with Crippen molar-refractivity contribution in [3.8, 4) is 0 Å². The van der Waals surface area contributed by atoms with Crippen LogP contribution in [0.4, 0.5) is 0 Å². The number of nitrogens with two attached hydrogens (primary N) is 1. The molecule has 0 amide bonds. The summed E-state index contributed by atoms with van der Waals surface area (Å²) in [4.78, 5) is 2.58. The molecule has 0 aromatic heterocycles. The Bertz CT molecular complexity index is 282. The van der Waals surface area contributed by atoms with E-state index >= 15 is 0 Å². The van der Waals surface area contributed by atoms with Crippen LogP contribution >= 0.6 is 0 Å². The van der Waals surface area contributed by atoms with Crippen molar-refractivity contribution in [2.24, 2.45) is 11.1 Å². The van der Waals surface area contributed by atoms with Gasteiger partial charge in [0, 0.05) is 26.7 Å². The van der Waals surface area contributed by atoms with Crippen LogP contribution in [-0.2, 0) is 4.74 Å². The topological polar surface area (TPSA) is 38.5 Å². The third-order valence-electron chi connectivity index (χ3n) is 4.62. The average Bonchev–Trinajstić information content (AvgIpc) is 2.42. The Morgan fingerprint density at radius 3 is 2.67 bits per heavy atom. The second kappa shape index (κ2) is 6.69. The summed E-state index contributed by atoms with van der Waals surface area (Å²) < 4.78 is 5.20. The fraction of sp³-hybridized carbons (Fsp3) is 0.867. The van der Waals surface area contributed by atoms with Gasteiger partial charge in [0.2, 0.25) is 0 Å². The molecule has 1 saturated carbocycles. The minimum atomic E-state index is 0.408. The van der Waals surface area contributed by atoms with E-state index in [4.69, 9.17) is 10.5 Å². The van der Waals surface area contributed by atoms with Gasteiger partial charge >= 0.3 is 0 Å². The lowest BCUT2D eigenvalue weighted by Crippen LogP contribution is -2.45. The zero-order valence-electron chi connectivity index (χ0n) is 11.8. The van der Waals surface area contributed by atoms with Gasteiger partial charge in [-0.1, -0.05) is 25.3 Å². The smallest absolute Gasteiger partial charge is 0.0673 e. The Morgan fingerprint density at radius 1 is 1.33 bits per heavy atom. The molecule has 2 rings (SSSR count). The van der Waals surface area contributed by atoms with Crippen LogP contribution in [0.2, 0.25) is 0 Å². The number of hydrogen-bond acceptors (Lipinski definition) is 3. The molecule has 2 aliphatic rings. The summed E-state index contributed by atoms with van der Waals surface area (Å²) in [6, 6.07) is 0. The van der Waals surface area contributed by atoms with Crippen LogP contribution in [0.15, 0.2) is 11.6 Å². The van der Waals surface area contributed by atoms with E-state index in [-0.39, 0.29) is 0 Å². The molecule has 0 aromatic carbocycles. The van der Waals surface area contributed by atoms with E-state index in [1.54, 1.807) is 7.11 Å². The third kappa shape index (κ3) is 3.56. The number of methoxy groups -OCH3 is 1. The van der Waals surface area contributed by atoms with Gasteiger partial charge in [-0.15, -0.1) is 0 Å². The van der Waals surface area contributed by atoms with Crippen LogP contribution < -0.4 is 5.73 Å². The molecular formula is C15H28N2O. The van der Waals surface area contributed by atoms with Crippen LogP contribution in [0, 0.1) is 5.41 Å². The van der Waals surface area contributed by atoms with Crippen LogP contribution in [0.1, 0.15) is 38.5 Å². The van der Waals surface area contributed by atoms with Crippen LogP contribution in [0.25, 0.3) is 0 Å². The van der Waals surface area contributed by atoms with E-state index in [0.717, 1.165) is 26.1 Å². The minimum Gasteiger partial charge on any atom is -0.380 e. The predicted molar refractivity (Wildman–Crippen MR) is 75.6 cm³/mol. The highest BCUT2D eigenvalue weighted by Gasteiger charge is 2.32. The molecule has 0 radical (unpaired) electrons. The van der Waals surface area contributed by atoms with E-state index in [9.17, 15) is 0 Å². The van der Waals surface area contributed by atoms with Gasteiger partial charge in [-0.3, -0.25) is 4.90 Å². The average molecular weight is 252 g/mol. The lowest BCUT2D eigenvalue weighted by molar-refractivity contribution is 0.114. The van der Waals surface area contributed by atoms with Crippen molar-refractivity contribution in [2.45, 2.75) is 38.5 Å². The van der Waals surface area contributed by atoms with Crippen molar-refractivity contribution in [2.75, 3.05) is 39.9 Å². The number of ether oxygens (including phenoxy) is 1. The predicted octanol–water partition coefficient (Wildman–Crippen LogP) is 2.17. The molecule has 0 aromatic rings. The maximum absolute atomic E-state index is 6.07. The molecule has 0 saturated heterocycles. The largest absolute Gasteiger partial charge is 0.380 e. The van der Waals surface area contributed by atoms with Gasteiger partial charge in [0.1, 0.15) is 0 Å². The molecule has 104 valence electrons. The van der Waals surface area contributed by atoms with E-state index in [0.29, 0.717) is 5.41 Å². The molecule has 0 spiro atoms. The Hall–Kier alpha value is -0.380. The summed E-state index contributed by atoms with van der Waals surface area (Å²) in [5.74, 6) is 0. The number of hydrogen-bond donors (Lipinski definition) is 1. The van der Waals surface area contributed by atoms with Crippen molar-refractivity contribution in [1.29, 1.82) is 0 Å². The normalized spacial score (nSPS) is 24.9. The zero-order chi connectivity index (χ0) is 12.8. The molecule has 1 fully saturated rings. The monoisotopic (exact) mass is 252 g/mol. The first-order chi connectivity index (χ1) is 8.78. The summed E-state index contributed by atoms with van der Waals surface area (Å²) >= 11 is 0. The van der Waals surface area contributed by atoms with E-state index < -0.39 is 0 Å². The standard InChI is InChI=1S/C15H28N2O/c1-18-11-14-5-9-17(10-6-14)13-15(12-16)7-3-2-4-8-15/h5H,2-4,6-13,16H2,1H3. The summed E-state index contributed by atoms with van der Waals surface area (Å²) in [5, 5.41) is 0. The molecule has 2 N–H and O–H groups in total. The lowest BCUT2D eigenvalue weighted by atomic mass is 9.73. The first-order valence-corrected chi connectivity index (χ1v) is 7.37. The number of rotatable bonds is 5. The first kappa shape index (κ1) is 14.0. The van der Waals surface area contributed by atoms with E-state index in [1.165, 1.54) is 50.8 Å². The molecule has 1 heterocycles. The van der Waals surface area contributed by atoms with Crippen molar-refractivity contribution < 1.29 is 4.74 Å². The van der Waals surface area contributed by atoms with Gasteiger partial charge in [0.05, 0.1) is 6.61 Å². The highest BCUT2D eigenvalue weighted by Crippen LogP contribution is 2.36. The summed E-state index contributed by atoms with van der Waals surface area (Å²) in [5.41, 5.74) is 7.93. The second-order valence-corrected chi connectivity index (χ2v) is 6.05. The van der Waals surface area contributed by atoms with Gasteiger partial charge in [-0.25, -0.2) is 0 Å². The fourth-order valence-electron chi connectivity index (χ4n) is 3.42. The number of nitrogens with zero attached hydrogens (tertiary/aromatic N) is 1. The molecule has 1 aliphatic carbocycles. The van der Waals surface area contributed by atoms with Gasteiger partial charge < -0.3 is 10.5 Å². The van der Waals surface area contributed by atoms with Crippen molar-refractivity contribution in [3.63, 3.8) is 0 Å². The SMILES string of the molecule is COCC1=CCN(CC2(CN)CCCCC2)CC1. The summed E-state index contributed by atoms with van der Waals surface area (Å²) in [7, 11) is 1.78. The summed E-state index contributed by atoms with van der Waals surface area (Å²) in [6.45, 7) is 5.12. The fourth-order valence-corrected chi connectivity index (χ4v) is 3.42. The molecule has 3 nitrogen and oxygen atoms in total. The Kier molecular flexibility index (Phi) is 5.22. The van der Waals surface area contributed by atoms with Gasteiger partial charge in [-0.2, -0.15) is 0 Å². The van der Waals surface area contributed by atoms with E-state index in [2.05, 4.69) is 11.0 Å². The first-order valence-electron chi connectivity index (χ1n) is 7.37. The molecule has 1 aliphatic heterocycles. The molecule has 18 heavy (non-hydrogen) atoms. The van der Waals surface area contributed by atoms with Crippen LogP contribution in [0.3, 0.4) is 0 Å². The van der Waals surface area contributed by atoms with Crippen LogP contribution in [0.5, 0.6) is 0 Å². The molecule has 0 bridgehead atoms. The van der Waals surface area contributed by atoms with Gasteiger partial charge in [0.15, 0.2) is 0 Å². The Labute approximate surface area is 111 Å². The Balaban J connectivity index is 1.86. The molecule has 0 atom stereocenters. The maximum atomic E-state index is 6.07. The molecule has 3 heteroatoms. The van der Waals surface area contributed by atoms with E-state index in [1.807, 2.05) is 0 Å². The highest BCUT2D eigenvalue weighted by atomic mass is 16.5. The maximum Gasteiger partial charge on any atom is 0.0673 e. The zero-order valence-corrected chi connectivity index (χ0v) is 11.8. The quantitative estimate of drug-likeness (QED) is 0.762. The minimum absolute atomic E-state index is 0.408. The Morgan fingerprint density at radius 2 is 2.11 bits per heavy atom. The van der Waals surface area contributed by atoms with Crippen molar-refractivity contribution >= 4 is 0 Å². The lowest BCUT2D eigenvalue weighted by Gasteiger charge is -2.41. The molecule has 0 unspecified atom stereocenters. The summed E-state index contributed by atoms with van der Waals surface area (Å²) in [6.07, 6.45) is 10.3. The van der Waals surface area contributed by atoms with Gasteiger partial charge in [-0.05, 0) is 36.8 Å². The second-order valence-electron chi connectivity index (χ2n) is 6.05. The molecular weight excluding hydrogens is 224 g/mol. The van der Waals surface area contributed by atoms with Crippen molar-refractivity contribution in [1.82, 2.24) is 4.90 Å². The highest BCUT2D eigenvalue weighted by molar-refractivity contribution is 5.08. The van der Waals surface area contributed by atoms with Crippen molar-refractivity contribution in [3.05, 3.63) is 11.6 Å².